The third-order valence-corrected chi connectivity index (χ3v) is 1.51. The Morgan fingerprint density at radius 1 is 1.57 bits per heavy atom. The van der Waals surface area contributed by atoms with Gasteiger partial charge in [-0.3, -0.25) is 0 Å². The minimum Gasteiger partial charge on any atom is -0.477 e. The van der Waals surface area contributed by atoms with Crippen molar-refractivity contribution in [1.82, 2.24) is 5.32 Å². The lowest BCUT2D eigenvalue weighted by Crippen LogP contribution is -2.40. The van der Waals surface area contributed by atoms with Crippen molar-refractivity contribution in [3.8, 4) is 0 Å². The molecule has 0 amide bonds. The number of rotatable bonds is 8. The molecule has 14 heavy (non-hydrogen) atoms. The number of ether oxygens (including phenoxy) is 1. The van der Waals surface area contributed by atoms with Crippen molar-refractivity contribution in [3.63, 3.8) is 0 Å². The number of nitrogens with one attached hydrogen (secondary N) is 1. The van der Waals surface area contributed by atoms with E-state index in [0.717, 1.165) is 0 Å². The second-order valence-electron chi connectivity index (χ2n) is 2.74. The molecule has 0 radical (unpaired) electrons. The van der Waals surface area contributed by atoms with Crippen LogP contribution < -0.4 is 5.32 Å². The predicted molar refractivity (Wildman–Crippen MR) is 46.6 cm³/mol. The molecule has 0 saturated heterocycles. The van der Waals surface area contributed by atoms with Gasteiger partial charge in [-0.05, 0) is 19.9 Å². The van der Waals surface area contributed by atoms with Gasteiger partial charge < -0.3 is 15.2 Å². The number of alkyl halides is 2. The van der Waals surface area contributed by atoms with Crippen molar-refractivity contribution in [2.75, 3.05) is 26.3 Å². The quantitative estimate of drug-likeness (QED) is 0.581. The highest BCUT2D eigenvalue weighted by Crippen LogP contribution is 2.11. The zero-order valence-electron chi connectivity index (χ0n) is 8.06. The van der Waals surface area contributed by atoms with Gasteiger partial charge in [0.2, 0.25) is 0 Å². The second-order valence-corrected chi connectivity index (χ2v) is 2.74. The summed E-state index contributed by atoms with van der Waals surface area (Å²) < 4.78 is 29.8. The SMILES string of the molecule is CCOCCCNCC(F)(F)C(=O)O. The van der Waals surface area contributed by atoms with Crippen LogP contribution in [0.4, 0.5) is 8.78 Å². The number of carbonyl (C=O) groups is 1. The highest BCUT2D eigenvalue weighted by molar-refractivity contribution is 5.75. The first-order valence-corrected chi connectivity index (χ1v) is 4.40. The maximum Gasteiger partial charge on any atom is 0.375 e. The van der Waals surface area contributed by atoms with Gasteiger partial charge >= 0.3 is 11.9 Å². The normalized spacial score (nSPS) is 11.6. The molecule has 0 aromatic carbocycles. The van der Waals surface area contributed by atoms with Gasteiger partial charge in [0.25, 0.3) is 0 Å². The fraction of sp³-hybridized carbons (Fsp3) is 0.875. The molecule has 84 valence electrons. The van der Waals surface area contributed by atoms with Crippen LogP contribution in [-0.4, -0.2) is 43.3 Å². The van der Waals surface area contributed by atoms with Crippen molar-refractivity contribution in [2.24, 2.45) is 0 Å². The Bertz CT molecular complexity index is 176. The Kier molecular flexibility index (Phi) is 6.31. The van der Waals surface area contributed by atoms with E-state index >= 15 is 0 Å². The fourth-order valence-corrected chi connectivity index (χ4v) is 0.765. The maximum atomic E-state index is 12.4. The molecule has 0 aromatic heterocycles. The van der Waals surface area contributed by atoms with Crippen LogP contribution in [-0.2, 0) is 9.53 Å². The molecule has 2 N–H and O–H groups in total. The summed E-state index contributed by atoms with van der Waals surface area (Å²) in [7, 11) is 0. The number of halogens is 2. The molecule has 0 rings (SSSR count). The summed E-state index contributed by atoms with van der Waals surface area (Å²) in [5, 5.41) is 10.4. The van der Waals surface area contributed by atoms with Crippen LogP contribution in [0.3, 0.4) is 0 Å². The molecular formula is C8H15F2NO3. The first kappa shape index (κ1) is 13.2. The molecule has 0 spiro atoms. The number of carboxylic acid groups (broad SMARTS) is 1. The molecular weight excluding hydrogens is 196 g/mol. The maximum absolute atomic E-state index is 12.4. The van der Waals surface area contributed by atoms with E-state index in [2.05, 4.69) is 5.32 Å². The minimum absolute atomic E-state index is 0.322. The van der Waals surface area contributed by atoms with Crippen LogP contribution in [0, 0.1) is 0 Å². The lowest BCUT2D eigenvalue weighted by molar-refractivity contribution is -0.164. The predicted octanol–water partition coefficient (Wildman–Crippen LogP) is 0.723. The van der Waals surface area contributed by atoms with Crippen molar-refractivity contribution in [3.05, 3.63) is 0 Å². The zero-order chi connectivity index (χ0) is 11.0. The average Bonchev–Trinajstić information content (AvgIpc) is 2.10. The van der Waals surface area contributed by atoms with Gasteiger partial charge in [0.05, 0.1) is 6.54 Å². The summed E-state index contributed by atoms with van der Waals surface area (Å²) in [6.45, 7) is 2.40. The van der Waals surface area contributed by atoms with Crippen LogP contribution in [0.2, 0.25) is 0 Å². The monoisotopic (exact) mass is 211 g/mol. The van der Waals surface area contributed by atoms with Crippen LogP contribution in [0.25, 0.3) is 0 Å². The Hall–Kier alpha value is -0.750. The van der Waals surface area contributed by atoms with E-state index in [1.165, 1.54) is 0 Å². The Labute approximate surface area is 81.2 Å². The fourth-order valence-electron chi connectivity index (χ4n) is 0.765. The summed E-state index contributed by atoms with van der Waals surface area (Å²) in [5.41, 5.74) is 0. The van der Waals surface area contributed by atoms with E-state index in [4.69, 9.17) is 9.84 Å². The highest BCUT2D eigenvalue weighted by atomic mass is 19.3. The Morgan fingerprint density at radius 2 is 2.21 bits per heavy atom. The molecule has 0 atom stereocenters. The van der Waals surface area contributed by atoms with Gasteiger partial charge in [0.15, 0.2) is 0 Å². The summed E-state index contributed by atoms with van der Waals surface area (Å²) in [6, 6.07) is 0. The molecule has 6 heteroatoms. The van der Waals surface area contributed by atoms with Crippen molar-refractivity contribution >= 4 is 5.97 Å². The van der Waals surface area contributed by atoms with Gasteiger partial charge in [-0.25, -0.2) is 4.79 Å². The molecule has 0 aliphatic rings. The number of aliphatic carboxylic acids is 1. The molecule has 0 unspecified atom stereocenters. The van der Waals surface area contributed by atoms with E-state index in [1.54, 1.807) is 0 Å². The van der Waals surface area contributed by atoms with E-state index in [9.17, 15) is 13.6 Å². The van der Waals surface area contributed by atoms with E-state index in [1.807, 2.05) is 6.92 Å². The summed E-state index contributed by atoms with van der Waals surface area (Å²) in [4.78, 5) is 9.97. The zero-order valence-corrected chi connectivity index (χ0v) is 8.06. The molecule has 0 aliphatic heterocycles. The topological polar surface area (TPSA) is 58.6 Å². The lowest BCUT2D eigenvalue weighted by Gasteiger charge is -2.11. The van der Waals surface area contributed by atoms with Crippen molar-refractivity contribution < 1.29 is 23.4 Å². The van der Waals surface area contributed by atoms with Gasteiger partial charge in [-0.1, -0.05) is 0 Å². The largest absolute Gasteiger partial charge is 0.477 e. The average molecular weight is 211 g/mol. The van der Waals surface area contributed by atoms with Crippen LogP contribution in [0.1, 0.15) is 13.3 Å². The molecule has 0 saturated carbocycles. The van der Waals surface area contributed by atoms with Crippen LogP contribution >= 0.6 is 0 Å². The molecule has 4 nitrogen and oxygen atoms in total. The van der Waals surface area contributed by atoms with E-state index in [0.29, 0.717) is 26.2 Å². The second kappa shape index (κ2) is 6.67. The van der Waals surface area contributed by atoms with Crippen LogP contribution in [0.5, 0.6) is 0 Å². The Balaban J connectivity index is 3.40. The van der Waals surface area contributed by atoms with Gasteiger partial charge in [-0.2, -0.15) is 8.78 Å². The summed E-state index contributed by atoms with van der Waals surface area (Å²) in [6.07, 6.45) is 0.587. The number of carboxylic acids is 1. The smallest absolute Gasteiger partial charge is 0.375 e. The number of hydrogen-bond acceptors (Lipinski definition) is 3. The van der Waals surface area contributed by atoms with E-state index < -0.39 is 18.4 Å². The Morgan fingerprint density at radius 3 is 2.71 bits per heavy atom. The number of hydrogen-bond donors (Lipinski definition) is 2. The molecule has 0 aromatic rings. The van der Waals surface area contributed by atoms with Gasteiger partial charge in [-0.15, -0.1) is 0 Å². The molecule has 0 bridgehead atoms. The third-order valence-electron chi connectivity index (χ3n) is 1.51. The first-order chi connectivity index (χ1) is 6.50. The van der Waals surface area contributed by atoms with Gasteiger partial charge in [0, 0.05) is 13.2 Å². The van der Waals surface area contributed by atoms with E-state index in [-0.39, 0.29) is 0 Å². The highest BCUT2D eigenvalue weighted by Gasteiger charge is 2.37. The lowest BCUT2D eigenvalue weighted by atomic mass is 10.3. The van der Waals surface area contributed by atoms with Gasteiger partial charge in [0.1, 0.15) is 0 Å². The molecule has 0 heterocycles. The molecule has 0 fully saturated rings. The van der Waals surface area contributed by atoms with Crippen LogP contribution in [0.15, 0.2) is 0 Å². The molecule has 0 aliphatic carbocycles. The minimum atomic E-state index is -3.69. The summed E-state index contributed by atoms with van der Waals surface area (Å²) >= 11 is 0. The third kappa shape index (κ3) is 5.82. The van der Waals surface area contributed by atoms with Crippen molar-refractivity contribution in [1.29, 1.82) is 0 Å². The van der Waals surface area contributed by atoms with Crippen molar-refractivity contribution in [2.45, 2.75) is 19.3 Å². The first-order valence-electron chi connectivity index (χ1n) is 4.40. The standard InChI is InChI=1S/C8H15F2NO3/c1-2-14-5-3-4-11-6-8(9,10)7(12)13/h11H,2-6H2,1H3,(H,12,13). The summed E-state index contributed by atoms with van der Waals surface area (Å²) in [5.74, 6) is -5.79.